The highest BCUT2D eigenvalue weighted by atomic mass is 19.1. The highest BCUT2D eigenvalue weighted by Gasteiger charge is 2.11. The van der Waals surface area contributed by atoms with Crippen LogP contribution in [0.1, 0.15) is 16.1 Å². The largest absolute Gasteiger partial charge is 0.464 e. The van der Waals surface area contributed by atoms with Gasteiger partial charge in [-0.2, -0.15) is 5.26 Å². The number of esters is 1. The molecule has 2 rings (SSSR count). The molecule has 0 unspecified atom stereocenters. The number of benzene rings is 1. The van der Waals surface area contributed by atoms with Gasteiger partial charge in [-0.3, -0.25) is 0 Å². The lowest BCUT2D eigenvalue weighted by molar-refractivity contribution is 0.0594. The summed E-state index contributed by atoms with van der Waals surface area (Å²) in [4.78, 5) is 15.5. The van der Waals surface area contributed by atoms with Crippen molar-refractivity contribution in [1.29, 1.82) is 5.26 Å². The molecule has 106 valence electrons. The van der Waals surface area contributed by atoms with Crippen LogP contribution in [0.3, 0.4) is 0 Å². The number of pyridine rings is 1. The number of anilines is 3. The molecule has 0 saturated heterocycles. The first-order valence-electron chi connectivity index (χ1n) is 5.86. The van der Waals surface area contributed by atoms with Gasteiger partial charge in [0.15, 0.2) is 11.5 Å². The van der Waals surface area contributed by atoms with Crippen LogP contribution in [0.25, 0.3) is 0 Å². The van der Waals surface area contributed by atoms with E-state index < -0.39 is 11.8 Å². The number of aromatic nitrogens is 1. The topological polar surface area (TPSA) is 101 Å². The number of hydrogen-bond donors (Lipinski definition) is 2. The molecule has 2 aromatic rings. The van der Waals surface area contributed by atoms with Crippen molar-refractivity contribution in [3.8, 4) is 6.07 Å². The zero-order valence-corrected chi connectivity index (χ0v) is 11.1. The Morgan fingerprint density at radius 2 is 2.19 bits per heavy atom. The fraction of sp³-hybridized carbons (Fsp3) is 0.0714. The molecule has 6 nitrogen and oxygen atoms in total. The maximum atomic E-state index is 13.3. The first-order chi connectivity index (χ1) is 10.0. The van der Waals surface area contributed by atoms with Crippen LogP contribution in [0.15, 0.2) is 30.3 Å². The predicted molar refractivity (Wildman–Crippen MR) is 74.4 cm³/mol. The van der Waals surface area contributed by atoms with E-state index in [1.165, 1.54) is 31.4 Å². The molecule has 21 heavy (non-hydrogen) atoms. The molecule has 1 aromatic carbocycles. The third kappa shape index (κ3) is 3.06. The van der Waals surface area contributed by atoms with E-state index in [0.29, 0.717) is 11.4 Å². The highest BCUT2D eigenvalue weighted by molar-refractivity contribution is 5.88. The van der Waals surface area contributed by atoms with Crippen molar-refractivity contribution in [2.45, 2.75) is 0 Å². The number of nitriles is 1. The molecule has 0 bridgehead atoms. The van der Waals surface area contributed by atoms with Gasteiger partial charge in [0.2, 0.25) is 0 Å². The lowest BCUT2D eigenvalue weighted by Gasteiger charge is -2.10. The molecule has 0 aliphatic carbocycles. The maximum Gasteiger partial charge on any atom is 0.356 e. The van der Waals surface area contributed by atoms with Crippen molar-refractivity contribution in [3.63, 3.8) is 0 Å². The number of carbonyl (C=O) groups excluding carboxylic acids is 1. The van der Waals surface area contributed by atoms with Gasteiger partial charge in [0.25, 0.3) is 0 Å². The predicted octanol–water partition coefficient (Wildman–Crippen LogP) is 2.20. The summed E-state index contributed by atoms with van der Waals surface area (Å²) in [6.07, 6.45) is 0. The Balaban J connectivity index is 2.35. The average molecular weight is 286 g/mol. The monoisotopic (exact) mass is 286 g/mol. The van der Waals surface area contributed by atoms with Gasteiger partial charge in [-0.05, 0) is 30.3 Å². The Hall–Kier alpha value is -3.14. The van der Waals surface area contributed by atoms with Crippen molar-refractivity contribution >= 4 is 23.2 Å². The van der Waals surface area contributed by atoms with Crippen molar-refractivity contribution in [3.05, 3.63) is 47.4 Å². The fourth-order valence-corrected chi connectivity index (χ4v) is 1.61. The van der Waals surface area contributed by atoms with E-state index in [1.807, 2.05) is 0 Å². The van der Waals surface area contributed by atoms with Crippen LogP contribution in [0.5, 0.6) is 0 Å². The molecule has 0 radical (unpaired) electrons. The van der Waals surface area contributed by atoms with E-state index in [0.717, 1.165) is 6.07 Å². The number of ether oxygens (including phenoxy) is 1. The number of nitrogens with two attached hydrogens (primary N) is 1. The number of nitrogens with one attached hydrogen (secondary N) is 1. The number of rotatable bonds is 3. The summed E-state index contributed by atoms with van der Waals surface area (Å²) in [6.45, 7) is 0. The highest BCUT2D eigenvalue weighted by Crippen LogP contribution is 2.23. The number of halogens is 1. The van der Waals surface area contributed by atoms with Crippen molar-refractivity contribution in [1.82, 2.24) is 4.98 Å². The minimum atomic E-state index is -0.618. The molecule has 0 aliphatic heterocycles. The first-order valence-corrected chi connectivity index (χ1v) is 5.86. The van der Waals surface area contributed by atoms with Crippen LogP contribution in [-0.4, -0.2) is 18.1 Å². The molecule has 0 atom stereocenters. The van der Waals surface area contributed by atoms with Gasteiger partial charge in [0, 0.05) is 5.69 Å². The molecule has 0 aliphatic rings. The third-order valence-corrected chi connectivity index (χ3v) is 2.67. The molecule has 0 amide bonds. The summed E-state index contributed by atoms with van der Waals surface area (Å²) in [7, 11) is 1.24. The zero-order valence-electron chi connectivity index (χ0n) is 11.1. The van der Waals surface area contributed by atoms with Gasteiger partial charge in [-0.1, -0.05) is 0 Å². The van der Waals surface area contributed by atoms with E-state index in [1.54, 1.807) is 6.07 Å². The summed E-state index contributed by atoms with van der Waals surface area (Å²) >= 11 is 0. The fourth-order valence-electron chi connectivity index (χ4n) is 1.61. The van der Waals surface area contributed by atoms with Gasteiger partial charge < -0.3 is 15.8 Å². The first kappa shape index (κ1) is 14.3. The summed E-state index contributed by atoms with van der Waals surface area (Å²) in [6, 6.07) is 8.57. The molecule has 0 fully saturated rings. The number of hydrogen-bond acceptors (Lipinski definition) is 6. The van der Waals surface area contributed by atoms with Crippen LogP contribution >= 0.6 is 0 Å². The van der Waals surface area contributed by atoms with Gasteiger partial charge in [-0.15, -0.1) is 0 Å². The van der Waals surface area contributed by atoms with Crippen LogP contribution in [0.2, 0.25) is 0 Å². The van der Waals surface area contributed by atoms with E-state index in [9.17, 15) is 9.18 Å². The number of carbonyl (C=O) groups is 1. The second-order valence-corrected chi connectivity index (χ2v) is 4.06. The second kappa shape index (κ2) is 5.88. The SMILES string of the molecule is COC(=O)c1ccc(N)c(Nc2ccc(F)c(C#N)c2)n1. The summed E-state index contributed by atoms with van der Waals surface area (Å²) in [5, 5.41) is 11.6. The van der Waals surface area contributed by atoms with Crippen molar-refractivity contribution < 1.29 is 13.9 Å². The molecule has 1 heterocycles. The van der Waals surface area contributed by atoms with Gasteiger partial charge >= 0.3 is 5.97 Å². The lowest BCUT2D eigenvalue weighted by atomic mass is 10.2. The number of nitrogens with zero attached hydrogens (tertiary/aromatic N) is 2. The molecule has 1 aromatic heterocycles. The lowest BCUT2D eigenvalue weighted by Crippen LogP contribution is -2.08. The van der Waals surface area contributed by atoms with Crippen LogP contribution in [0, 0.1) is 17.1 Å². The Labute approximate surface area is 120 Å². The van der Waals surface area contributed by atoms with Gasteiger partial charge in [-0.25, -0.2) is 14.2 Å². The molecule has 7 heteroatoms. The van der Waals surface area contributed by atoms with Gasteiger partial charge in [0.1, 0.15) is 11.9 Å². The van der Waals surface area contributed by atoms with Crippen LogP contribution < -0.4 is 11.1 Å². The number of methoxy groups -OCH3 is 1. The third-order valence-electron chi connectivity index (χ3n) is 2.67. The average Bonchev–Trinajstić information content (AvgIpc) is 2.50. The van der Waals surface area contributed by atoms with E-state index in [-0.39, 0.29) is 17.1 Å². The van der Waals surface area contributed by atoms with Crippen molar-refractivity contribution in [2.24, 2.45) is 0 Å². The van der Waals surface area contributed by atoms with Gasteiger partial charge in [0.05, 0.1) is 18.4 Å². The second-order valence-electron chi connectivity index (χ2n) is 4.06. The Bertz CT molecular complexity index is 740. The Morgan fingerprint density at radius 3 is 2.86 bits per heavy atom. The Kier molecular flexibility index (Phi) is 4.00. The van der Waals surface area contributed by atoms with Crippen LogP contribution in [-0.2, 0) is 4.74 Å². The molecular formula is C14H11FN4O2. The van der Waals surface area contributed by atoms with E-state index in [4.69, 9.17) is 11.0 Å². The van der Waals surface area contributed by atoms with E-state index >= 15 is 0 Å². The Morgan fingerprint density at radius 1 is 1.43 bits per heavy atom. The smallest absolute Gasteiger partial charge is 0.356 e. The minimum absolute atomic E-state index is 0.0804. The molecule has 3 N–H and O–H groups in total. The number of nitrogen functional groups attached to an aromatic ring is 1. The molecule has 0 spiro atoms. The molecular weight excluding hydrogens is 275 g/mol. The molecule has 0 saturated carbocycles. The maximum absolute atomic E-state index is 13.3. The summed E-state index contributed by atoms with van der Waals surface area (Å²) < 4.78 is 17.8. The summed E-state index contributed by atoms with van der Waals surface area (Å²) in [5.41, 5.74) is 6.46. The van der Waals surface area contributed by atoms with E-state index in [2.05, 4.69) is 15.0 Å². The van der Waals surface area contributed by atoms with Crippen molar-refractivity contribution in [2.75, 3.05) is 18.2 Å². The zero-order chi connectivity index (χ0) is 15.4. The normalized spacial score (nSPS) is 9.76. The quantitative estimate of drug-likeness (QED) is 0.839. The van der Waals surface area contributed by atoms with Crippen LogP contribution in [0.4, 0.5) is 21.6 Å². The standard InChI is InChI=1S/C14H11FN4O2/c1-21-14(20)12-5-4-11(17)13(19-12)18-9-2-3-10(15)8(6-9)7-16/h2-6H,17H2,1H3,(H,18,19). The minimum Gasteiger partial charge on any atom is -0.464 e. The summed E-state index contributed by atoms with van der Waals surface area (Å²) in [5.74, 6) is -1.00.